The number of benzene rings is 1. The molecule has 0 saturated carbocycles. The summed E-state index contributed by atoms with van der Waals surface area (Å²) in [5.74, 6) is -0.621. The molecular formula is C15H22N4O2S. The lowest BCUT2D eigenvalue weighted by Gasteiger charge is -2.21. The number of hydrazine groups is 1. The van der Waals surface area contributed by atoms with Crippen LogP contribution in [0.1, 0.15) is 26.3 Å². The highest BCUT2D eigenvalue weighted by molar-refractivity contribution is 7.80. The Morgan fingerprint density at radius 1 is 1.14 bits per heavy atom. The van der Waals surface area contributed by atoms with Crippen molar-refractivity contribution in [1.82, 2.24) is 21.5 Å². The van der Waals surface area contributed by atoms with E-state index >= 15 is 0 Å². The number of hydrogen-bond acceptors (Lipinski definition) is 3. The van der Waals surface area contributed by atoms with Crippen LogP contribution in [-0.2, 0) is 16.1 Å². The van der Waals surface area contributed by atoms with Crippen LogP contribution in [0.4, 0.5) is 0 Å². The monoisotopic (exact) mass is 322 g/mol. The van der Waals surface area contributed by atoms with Crippen LogP contribution in [0.15, 0.2) is 30.3 Å². The number of hydrogen-bond donors (Lipinski definition) is 4. The molecule has 1 aromatic rings. The number of amides is 2. The second-order valence-electron chi connectivity index (χ2n) is 5.20. The van der Waals surface area contributed by atoms with E-state index in [1.807, 2.05) is 44.2 Å². The lowest BCUT2D eigenvalue weighted by Crippen LogP contribution is -2.55. The van der Waals surface area contributed by atoms with Crippen LogP contribution >= 0.6 is 12.2 Å². The third-order valence-corrected chi connectivity index (χ3v) is 3.15. The number of carbonyl (C=O) groups excluding carboxylic acids is 2. The second kappa shape index (κ2) is 8.99. The first-order valence-electron chi connectivity index (χ1n) is 7.05. The lowest BCUT2D eigenvalue weighted by atomic mass is 10.0. The summed E-state index contributed by atoms with van der Waals surface area (Å²) >= 11 is 5.09. The second-order valence-corrected chi connectivity index (χ2v) is 5.61. The zero-order chi connectivity index (χ0) is 16.5. The maximum absolute atomic E-state index is 12.0. The van der Waals surface area contributed by atoms with E-state index in [1.165, 1.54) is 6.92 Å². The summed E-state index contributed by atoms with van der Waals surface area (Å²) in [6, 6.07) is 9.15. The summed E-state index contributed by atoms with van der Waals surface area (Å²) in [4.78, 5) is 23.1. The van der Waals surface area contributed by atoms with E-state index in [-0.39, 0.29) is 17.7 Å². The van der Waals surface area contributed by atoms with E-state index in [4.69, 9.17) is 12.2 Å². The average molecular weight is 322 g/mol. The van der Waals surface area contributed by atoms with Crippen molar-refractivity contribution in [3.05, 3.63) is 35.9 Å². The summed E-state index contributed by atoms with van der Waals surface area (Å²) in [6.45, 7) is 5.64. The van der Waals surface area contributed by atoms with Crippen LogP contribution in [0.5, 0.6) is 0 Å². The third kappa shape index (κ3) is 6.53. The Kier molecular flexibility index (Phi) is 7.31. The normalized spacial score (nSPS) is 11.5. The predicted octanol–water partition coefficient (Wildman–Crippen LogP) is 0.843. The van der Waals surface area contributed by atoms with Crippen LogP contribution in [-0.4, -0.2) is 23.0 Å². The molecular weight excluding hydrogens is 300 g/mol. The van der Waals surface area contributed by atoms with E-state index in [1.54, 1.807) is 0 Å². The van der Waals surface area contributed by atoms with Gasteiger partial charge in [-0.15, -0.1) is 0 Å². The molecule has 6 nitrogen and oxygen atoms in total. The first-order chi connectivity index (χ1) is 10.4. The SMILES string of the molecule is CC(=O)N[C@@H](C(=O)NNC(=S)NCc1ccccc1)C(C)C. The predicted molar refractivity (Wildman–Crippen MR) is 89.6 cm³/mol. The van der Waals surface area contributed by atoms with Gasteiger partial charge in [-0.05, 0) is 23.7 Å². The van der Waals surface area contributed by atoms with E-state index in [0.717, 1.165) is 5.56 Å². The number of carbonyl (C=O) groups is 2. The van der Waals surface area contributed by atoms with Gasteiger partial charge in [-0.2, -0.15) is 0 Å². The molecule has 0 spiro atoms. The molecule has 7 heteroatoms. The Morgan fingerprint density at radius 3 is 2.32 bits per heavy atom. The molecule has 120 valence electrons. The fourth-order valence-electron chi connectivity index (χ4n) is 1.77. The van der Waals surface area contributed by atoms with Gasteiger partial charge in [-0.25, -0.2) is 0 Å². The first kappa shape index (κ1) is 17.9. The maximum atomic E-state index is 12.0. The molecule has 0 aliphatic rings. The maximum Gasteiger partial charge on any atom is 0.261 e. The van der Waals surface area contributed by atoms with E-state index < -0.39 is 6.04 Å². The lowest BCUT2D eigenvalue weighted by molar-refractivity contribution is -0.129. The van der Waals surface area contributed by atoms with Gasteiger partial charge in [0.2, 0.25) is 5.91 Å². The molecule has 0 saturated heterocycles. The molecule has 4 N–H and O–H groups in total. The smallest absolute Gasteiger partial charge is 0.261 e. The van der Waals surface area contributed by atoms with Gasteiger partial charge >= 0.3 is 0 Å². The van der Waals surface area contributed by atoms with Crippen molar-refractivity contribution < 1.29 is 9.59 Å². The van der Waals surface area contributed by atoms with E-state index in [9.17, 15) is 9.59 Å². The molecule has 0 aromatic heterocycles. The van der Waals surface area contributed by atoms with Crippen molar-refractivity contribution in [2.45, 2.75) is 33.4 Å². The van der Waals surface area contributed by atoms with Gasteiger partial charge < -0.3 is 10.6 Å². The highest BCUT2D eigenvalue weighted by atomic mass is 32.1. The van der Waals surface area contributed by atoms with E-state index in [0.29, 0.717) is 11.7 Å². The molecule has 0 radical (unpaired) electrons. The summed E-state index contributed by atoms with van der Waals surface area (Å²) < 4.78 is 0. The van der Waals surface area contributed by atoms with Gasteiger partial charge in [0.1, 0.15) is 6.04 Å². The van der Waals surface area contributed by atoms with Crippen LogP contribution in [0.25, 0.3) is 0 Å². The molecule has 0 bridgehead atoms. The number of nitrogens with one attached hydrogen (secondary N) is 4. The third-order valence-electron chi connectivity index (χ3n) is 2.90. The Balaban J connectivity index is 2.38. The zero-order valence-electron chi connectivity index (χ0n) is 13.0. The van der Waals surface area contributed by atoms with Gasteiger partial charge in [0.25, 0.3) is 5.91 Å². The van der Waals surface area contributed by atoms with Crippen molar-refractivity contribution in [3.8, 4) is 0 Å². The molecule has 0 unspecified atom stereocenters. The molecule has 2 amide bonds. The fraction of sp³-hybridized carbons (Fsp3) is 0.400. The molecule has 0 aliphatic heterocycles. The Hall–Kier alpha value is -2.15. The van der Waals surface area contributed by atoms with Gasteiger partial charge in [-0.1, -0.05) is 44.2 Å². The first-order valence-corrected chi connectivity index (χ1v) is 7.45. The molecule has 1 rings (SSSR count). The molecule has 22 heavy (non-hydrogen) atoms. The summed E-state index contributed by atoms with van der Waals surface area (Å²) in [5.41, 5.74) is 6.21. The van der Waals surface area contributed by atoms with Gasteiger partial charge in [0.05, 0.1) is 0 Å². The summed E-state index contributed by atoms with van der Waals surface area (Å²) in [6.07, 6.45) is 0. The Bertz CT molecular complexity index is 520. The fourth-order valence-corrected chi connectivity index (χ4v) is 1.90. The Morgan fingerprint density at radius 2 is 1.77 bits per heavy atom. The van der Waals surface area contributed by atoms with Crippen molar-refractivity contribution in [2.24, 2.45) is 5.92 Å². The van der Waals surface area contributed by atoms with Crippen molar-refractivity contribution in [1.29, 1.82) is 0 Å². The van der Waals surface area contributed by atoms with Crippen molar-refractivity contribution in [2.75, 3.05) is 0 Å². The van der Waals surface area contributed by atoms with Gasteiger partial charge in [-0.3, -0.25) is 20.4 Å². The topological polar surface area (TPSA) is 82.3 Å². The minimum atomic E-state index is -0.609. The van der Waals surface area contributed by atoms with Crippen LogP contribution in [0, 0.1) is 5.92 Å². The van der Waals surface area contributed by atoms with Crippen LogP contribution < -0.4 is 21.5 Å². The molecule has 0 aliphatic carbocycles. The van der Waals surface area contributed by atoms with Gasteiger partial charge in [0.15, 0.2) is 5.11 Å². The highest BCUT2D eigenvalue weighted by Crippen LogP contribution is 2.01. The largest absolute Gasteiger partial charge is 0.357 e. The Labute approximate surface area is 136 Å². The molecule has 0 fully saturated rings. The van der Waals surface area contributed by atoms with Gasteiger partial charge in [0, 0.05) is 13.5 Å². The number of thiocarbonyl (C=S) groups is 1. The van der Waals surface area contributed by atoms with Crippen molar-refractivity contribution in [3.63, 3.8) is 0 Å². The average Bonchev–Trinajstić information content (AvgIpc) is 2.48. The highest BCUT2D eigenvalue weighted by Gasteiger charge is 2.22. The van der Waals surface area contributed by atoms with Crippen molar-refractivity contribution >= 4 is 29.1 Å². The van der Waals surface area contributed by atoms with Crippen LogP contribution in [0.2, 0.25) is 0 Å². The van der Waals surface area contributed by atoms with Crippen LogP contribution in [0.3, 0.4) is 0 Å². The quantitative estimate of drug-likeness (QED) is 0.477. The minimum Gasteiger partial charge on any atom is -0.357 e. The molecule has 0 heterocycles. The zero-order valence-corrected chi connectivity index (χ0v) is 13.8. The summed E-state index contributed by atoms with van der Waals surface area (Å²) in [7, 11) is 0. The summed E-state index contributed by atoms with van der Waals surface area (Å²) in [5, 5.41) is 5.90. The van der Waals surface area contributed by atoms with E-state index in [2.05, 4.69) is 21.5 Å². The molecule has 1 atom stereocenters. The minimum absolute atomic E-state index is 0.0310. The number of rotatable bonds is 5. The molecule has 1 aromatic carbocycles. The standard InChI is InChI=1S/C15H22N4O2S/c1-10(2)13(17-11(3)20)14(21)18-19-15(22)16-9-12-7-5-4-6-8-12/h4-8,10,13H,9H2,1-3H3,(H,17,20)(H,18,21)(H2,16,19,22)/t13-/m1/s1.